The number of hydrogen-bond acceptors (Lipinski definition) is 50. The molecule has 59 nitrogen and oxygen atoms in total. The number of ether oxygens (including phenoxy) is 24. The molecule has 0 spiro atoms. The number of unbranched alkanes of at least 4 members (excludes halogenated alkanes) is 1. The van der Waals surface area contributed by atoms with E-state index in [1.54, 1.807) is 52.9 Å². The molecule has 8 heterocycles. The van der Waals surface area contributed by atoms with Crippen LogP contribution in [-0.2, 0) is 243 Å². The van der Waals surface area contributed by atoms with Crippen molar-refractivity contribution in [2.24, 2.45) is 0 Å². The Morgan fingerprint density at radius 3 is 0.813 bits per heavy atom. The maximum atomic E-state index is 13.9. The van der Waals surface area contributed by atoms with Crippen LogP contribution in [-0.4, -0.2) is 417 Å². The van der Waals surface area contributed by atoms with Gasteiger partial charge in [0, 0.05) is 155 Å². The van der Waals surface area contributed by atoms with Crippen molar-refractivity contribution in [3.63, 3.8) is 0 Å². The molecule has 0 radical (unpaired) electrons. The van der Waals surface area contributed by atoms with Crippen LogP contribution in [0.5, 0.6) is 0 Å². The molecular weight excluding hydrogens is 2000 g/mol. The lowest BCUT2D eigenvalue weighted by Gasteiger charge is -2.46. The molecule has 4 aliphatic heterocycles. The predicted octanol–water partition coefficient (Wildman–Crippen LogP) is -3.00. The molecular formula is C91H138N18O41. The van der Waals surface area contributed by atoms with Crippen LogP contribution in [0, 0.1) is 0 Å². The van der Waals surface area contributed by atoms with E-state index in [1.807, 2.05) is 4.90 Å². The average molecular weight is 2140 g/mol. The zero-order chi connectivity index (χ0) is 110. The Labute approximate surface area is 862 Å². The summed E-state index contributed by atoms with van der Waals surface area (Å²) < 4.78 is 145. The largest absolute Gasteiger partial charge is 0.480 e. The highest BCUT2D eigenvalue weighted by atomic mass is 16.8. The second kappa shape index (κ2) is 63.0. The fraction of sp³-hybridized carbons (Fsp3) is 0.736. The van der Waals surface area contributed by atoms with Gasteiger partial charge >= 0.3 is 71.6 Å². The summed E-state index contributed by atoms with van der Waals surface area (Å²) in [4.78, 5) is 202. The quantitative estimate of drug-likeness (QED) is 0.0167. The molecule has 838 valence electrons. The first-order chi connectivity index (χ1) is 71.3. The van der Waals surface area contributed by atoms with Gasteiger partial charge in [-0.15, -0.1) is 20.4 Å². The summed E-state index contributed by atoms with van der Waals surface area (Å²) in [6.45, 7) is 19.6. The molecule has 4 saturated heterocycles. The van der Waals surface area contributed by atoms with E-state index in [0.29, 0.717) is 42.2 Å². The summed E-state index contributed by atoms with van der Waals surface area (Å²) in [6, 6.07) is -5.91. The summed E-state index contributed by atoms with van der Waals surface area (Å²) in [5, 5.41) is 57.2. The Morgan fingerprint density at radius 1 is 0.327 bits per heavy atom. The van der Waals surface area contributed by atoms with Gasteiger partial charge in [-0.25, -0.2) is 18.7 Å². The maximum Gasteiger partial charge on any atom is 0.320 e. The molecule has 150 heavy (non-hydrogen) atoms. The van der Waals surface area contributed by atoms with Crippen LogP contribution in [0.4, 0.5) is 0 Å². The molecule has 4 fully saturated rings. The number of carbonyl (C=O) groups excluding carboxylic acids is 15. The summed E-state index contributed by atoms with van der Waals surface area (Å²) in [5.41, 5.74) is 1.67. The van der Waals surface area contributed by atoms with Crippen molar-refractivity contribution in [1.29, 1.82) is 0 Å². The normalized spacial score (nSPS) is 23.8. The van der Waals surface area contributed by atoms with Crippen molar-refractivity contribution in [1.82, 2.24) is 91.0 Å². The van der Waals surface area contributed by atoms with Crippen molar-refractivity contribution < 1.29 is 196 Å². The minimum atomic E-state index is -1.37. The number of nitrogens with one attached hydrogen (secondary N) is 4. The number of aliphatic carboxylic acids is 1. The summed E-state index contributed by atoms with van der Waals surface area (Å²) >= 11 is 0. The fourth-order valence-electron chi connectivity index (χ4n) is 16.4. The zero-order valence-corrected chi connectivity index (χ0v) is 86.8. The number of rotatable bonds is 64. The van der Waals surface area contributed by atoms with Gasteiger partial charge < -0.3 is 140 Å². The second-order valence-corrected chi connectivity index (χ2v) is 35.2. The third-order valence-corrected chi connectivity index (χ3v) is 22.1. The van der Waals surface area contributed by atoms with E-state index in [0.717, 1.165) is 62.3 Å². The van der Waals surface area contributed by atoms with E-state index in [-0.39, 0.29) is 145 Å². The lowest BCUT2D eigenvalue weighted by Crippen LogP contribution is -2.66. The zero-order valence-electron chi connectivity index (χ0n) is 86.8. The Hall–Kier alpha value is -12.5. The van der Waals surface area contributed by atoms with Crippen molar-refractivity contribution >= 4 is 95.3 Å². The molecule has 21 atom stereocenters. The van der Waals surface area contributed by atoms with Crippen LogP contribution in [0.1, 0.15) is 160 Å². The van der Waals surface area contributed by atoms with Gasteiger partial charge in [0.25, 0.3) is 0 Å². The lowest BCUT2D eigenvalue weighted by atomic mass is 9.96. The van der Waals surface area contributed by atoms with Gasteiger partial charge in [-0.1, -0.05) is 27.3 Å². The Morgan fingerprint density at radius 2 is 0.573 bits per heavy atom. The highest BCUT2D eigenvalue weighted by Crippen LogP contribution is 2.34. The van der Waals surface area contributed by atoms with E-state index >= 15 is 0 Å². The Kier molecular flexibility index (Phi) is 51.5. The fourth-order valence-corrected chi connectivity index (χ4v) is 16.4. The molecule has 4 amide bonds. The molecule has 59 heteroatoms. The summed E-state index contributed by atoms with van der Waals surface area (Å²) in [6.07, 6.45) is -13.3. The summed E-state index contributed by atoms with van der Waals surface area (Å²) in [5.74, 6) is -11.5. The SMILES string of the molecule is CC(=O)N[C@H]1[C@H](OCCOCCn2cc(CN(CCCC[C@@H](C(=O)O)N(Cc3cn(CCOCCO[C@@H]4O[C@H](COC(C)=O)[C@H](OC(C)=O)[C@H](OC(C)=O)[C@H]4NC(C)=O)nn3)Cc3cn(CCOCCO[C@@H]4OC(COC(C)=O)[C@H](OC(C)=O)[C@H](OC(C)=O)[C@H]4NC(C)=O)nn3)Cc3cn(CCOCCO[C@@H]4O[C@H](COC(C)=O)[C@H](OC(C)=O)[C@H](OC(C)C)[C@H]4NC(C)=O)nn3)nn2)O[C@H](COC(C)=O)[C@H](OC(C)=O)[C@@H]1OC(C)=O. The van der Waals surface area contributed by atoms with Gasteiger partial charge in [0.2, 0.25) is 23.6 Å². The first-order valence-corrected chi connectivity index (χ1v) is 48.5. The van der Waals surface area contributed by atoms with Gasteiger partial charge in [0.1, 0.15) is 87.2 Å². The Balaban J connectivity index is 0.979. The van der Waals surface area contributed by atoms with Gasteiger partial charge in [0.05, 0.1) is 134 Å². The van der Waals surface area contributed by atoms with Crippen LogP contribution < -0.4 is 21.3 Å². The monoisotopic (exact) mass is 2140 g/mol. The van der Waals surface area contributed by atoms with Crippen molar-refractivity contribution in [3.05, 3.63) is 47.6 Å². The number of carboxylic acid groups (broad SMARTS) is 1. The molecule has 0 saturated carbocycles. The van der Waals surface area contributed by atoms with Crippen LogP contribution in [0.3, 0.4) is 0 Å². The van der Waals surface area contributed by atoms with E-state index < -0.39 is 250 Å². The van der Waals surface area contributed by atoms with Crippen molar-refractivity contribution in [3.8, 4) is 0 Å². The molecule has 1 unspecified atom stereocenters. The van der Waals surface area contributed by atoms with Gasteiger partial charge in [-0.05, 0) is 33.2 Å². The van der Waals surface area contributed by atoms with E-state index in [4.69, 9.17) is 114 Å². The number of nitrogens with zero attached hydrogens (tertiary/aromatic N) is 14. The van der Waals surface area contributed by atoms with Crippen LogP contribution >= 0.6 is 0 Å². The summed E-state index contributed by atoms with van der Waals surface area (Å²) in [7, 11) is 0. The van der Waals surface area contributed by atoms with Crippen LogP contribution in [0.15, 0.2) is 24.8 Å². The van der Waals surface area contributed by atoms with E-state index in [1.165, 1.54) is 50.9 Å². The molecule has 4 aromatic heterocycles. The first kappa shape index (κ1) is 123. The smallest absolute Gasteiger partial charge is 0.320 e. The highest BCUT2D eigenvalue weighted by molar-refractivity contribution is 5.77. The predicted molar refractivity (Wildman–Crippen MR) is 496 cm³/mol. The van der Waals surface area contributed by atoms with Crippen LogP contribution in [0.2, 0.25) is 0 Å². The van der Waals surface area contributed by atoms with Gasteiger partial charge in [-0.3, -0.25) is 86.5 Å². The van der Waals surface area contributed by atoms with E-state index in [9.17, 15) is 81.8 Å². The number of carboxylic acids is 1. The number of hydrogen-bond donors (Lipinski definition) is 5. The molecule has 0 bridgehead atoms. The average Bonchev–Trinajstić information content (AvgIpc) is 0.909. The minimum Gasteiger partial charge on any atom is -0.480 e. The third-order valence-electron chi connectivity index (χ3n) is 22.1. The molecule has 0 aliphatic carbocycles. The molecule has 8 rings (SSSR count). The maximum absolute atomic E-state index is 13.9. The number of carbonyl (C=O) groups is 16. The molecule has 4 aromatic rings. The first-order valence-electron chi connectivity index (χ1n) is 48.5. The standard InChI is InChI=1S/C91H138N18O41/c1-50(2)139-83-75(92-51(3)110)88(147-71(46-135-55(7)114)79(83)140-59(11)118)131-34-30-127-26-22-106-42-66(96-100-106)38-104(39-67-43-107(101-97-67)23-27-128-31-35-132-89-76(93-52(4)111)84(144-63(15)122)80(141-60(12)119)72(148-89)47-136-56(8)115)21-19-18-20-70(87(125)126)105(40-68-44-108(102-98-68)24-28-129-32-36-133-90-77(94-53(5)112)85(145-64(16)123)81(142-61(13)120)73(149-90)48-137-57(9)116)41-69-45-109(103-99-69)25-29-130-33-37-134-91-78(95-54(6)113)86(146-65(17)124)82(143-62(14)121)74(150-91)49-138-58(10)117/h42-45,50,70-86,88-91H,18-41,46-49H2,1-17H3,(H,92,110)(H,93,111)(H,94,112)(H,95,113)(H,125,126)/t70-,71+,72+,73+,74?,75+,76+,77+,78+,79-,80-,81-,82-,83+,84+,85+,86+,88+,89+,90+,91+/m0/s1. The second-order valence-electron chi connectivity index (χ2n) is 35.2. The Bertz CT molecular complexity index is 4880. The number of esters is 11. The van der Waals surface area contributed by atoms with Crippen LogP contribution in [0.25, 0.3) is 0 Å². The molecule has 5 N–H and O–H groups in total. The van der Waals surface area contributed by atoms with Crippen molar-refractivity contribution in [2.75, 3.05) is 112 Å². The number of aromatic nitrogens is 12. The van der Waals surface area contributed by atoms with Gasteiger partial charge in [-0.2, -0.15) is 0 Å². The minimum absolute atomic E-state index is 0.00417. The van der Waals surface area contributed by atoms with E-state index in [2.05, 4.69) is 62.5 Å². The lowest BCUT2D eigenvalue weighted by molar-refractivity contribution is -0.286. The molecule has 4 aliphatic rings. The highest BCUT2D eigenvalue weighted by Gasteiger charge is 2.56. The molecule has 0 aromatic carbocycles. The van der Waals surface area contributed by atoms with Gasteiger partial charge in [0.15, 0.2) is 67.9 Å². The van der Waals surface area contributed by atoms with Crippen molar-refractivity contribution in [2.45, 2.75) is 324 Å². The third kappa shape index (κ3) is 43.1. The topological polar surface area (TPSA) is 692 Å². The number of amides is 4.